The van der Waals surface area contributed by atoms with E-state index in [9.17, 15) is 9.18 Å². The zero-order chi connectivity index (χ0) is 17.2. The van der Waals surface area contributed by atoms with Crippen LogP contribution in [0.25, 0.3) is 0 Å². The molecule has 6 heteroatoms. The average molecular weight is 391 g/mol. The fourth-order valence-corrected chi connectivity index (χ4v) is 2.84. The van der Waals surface area contributed by atoms with Crippen LogP contribution in [0, 0.1) is 11.7 Å². The number of carbonyl (C=O) groups is 1. The Hall–Kier alpha value is -0.980. The number of carbonyl (C=O) groups excluding carboxylic acids is 1. The van der Waals surface area contributed by atoms with Crippen molar-refractivity contribution in [3.63, 3.8) is 0 Å². The van der Waals surface area contributed by atoms with Gasteiger partial charge in [-0.2, -0.15) is 0 Å². The van der Waals surface area contributed by atoms with E-state index in [1.165, 1.54) is 12.1 Å². The Morgan fingerprint density at radius 1 is 1.13 bits per heavy atom. The Labute approximate surface area is 145 Å². The van der Waals surface area contributed by atoms with E-state index in [1.54, 1.807) is 13.0 Å². The third-order valence-electron chi connectivity index (χ3n) is 3.21. The van der Waals surface area contributed by atoms with Crippen molar-refractivity contribution >= 4 is 21.9 Å². The van der Waals surface area contributed by atoms with Gasteiger partial charge in [-0.1, -0.05) is 15.9 Å². The molecule has 1 aromatic carbocycles. The molecule has 0 bridgehead atoms. The molecule has 1 unspecified atom stereocenters. The van der Waals surface area contributed by atoms with Crippen LogP contribution in [0.5, 0.6) is 0 Å². The number of esters is 1. The second kappa shape index (κ2) is 10.7. The van der Waals surface area contributed by atoms with Crippen LogP contribution in [-0.4, -0.2) is 32.1 Å². The molecule has 1 aromatic rings. The second-order valence-corrected chi connectivity index (χ2v) is 5.92. The molecule has 1 atom stereocenters. The Balaban J connectivity index is 2.88. The standard InChI is InChI=1S/C17H24BrFO4/c1-4-21-16(22-5-2)10-13(17(20)23-6-3)7-12-8-14(18)11-15(19)9-12/h8-9,11,13,16H,4-7,10H2,1-3H3. The molecule has 0 aromatic heterocycles. The lowest BCUT2D eigenvalue weighted by Gasteiger charge is -2.22. The number of rotatable bonds is 10. The van der Waals surface area contributed by atoms with Crippen LogP contribution in [-0.2, 0) is 25.4 Å². The minimum absolute atomic E-state index is 0.302. The summed E-state index contributed by atoms with van der Waals surface area (Å²) in [5, 5.41) is 0. The van der Waals surface area contributed by atoms with Gasteiger partial charge in [0.1, 0.15) is 5.82 Å². The van der Waals surface area contributed by atoms with Gasteiger partial charge in [-0.05, 0) is 51.0 Å². The van der Waals surface area contributed by atoms with E-state index >= 15 is 0 Å². The highest BCUT2D eigenvalue weighted by Crippen LogP contribution is 2.22. The first-order valence-electron chi connectivity index (χ1n) is 7.84. The lowest BCUT2D eigenvalue weighted by atomic mass is 9.96. The maximum Gasteiger partial charge on any atom is 0.309 e. The van der Waals surface area contributed by atoms with Crippen molar-refractivity contribution in [1.82, 2.24) is 0 Å². The summed E-state index contributed by atoms with van der Waals surface area (Å²) in [4.78, 5) is 12.2. The number of ether oxygens (including phenoxy) is 3. The molecule has 4 nitrogen and oxygen atoms in total. The van der Waals surface area contributed by atoms with Crippen molar-refractivity contribution in [2.45, 2.75) is 39.9 Å². The van der Waals surface area contributed by atoms with E-state index in [0.717, 1.165) is 5.56 Å². The van der Waals surface area contributed by atoms with Crippen LogP contribution in [0.15, 0.2) is 22.7 Å². The Morgan fingerprint density at radius 3 is 2.30 bits per heavy atom. The smallest absolute Gasteiger partial charge is 0.309 e. The second-order valence-electron chi connectivity index (χ2n) is 5.01. The number of hydrogen-bond acceptors (Lipinski definition) is 4. The Bertz CT molecular complexity index is 469. The van der Waals surface area contributed by atoms with E-state index in [4.69, 9.17) is 14.2 Å². The van der Waals surface area contributed by atoms with Gasteiger partial charge in [0, 0.05) is 24.1 Å². The van der Waals surface area contributed by atoms with Gasteiger partial charge in [0.25, 0.3) is 0 Å². The van der Waals surface area contributed by atoms with E-state index in [0.29, 0.717) is 37.1 Å². The van der Waals surface area contributed by atoms with Crippen LogP contribution in [0.2, 0.25) is 0 Å². The molecular weight excluding hydrogens is 367 g/mol. The number of benzene rings is 1. The molecule has 0 saturated carbocycles. The fraction of sp³-hybridized carbons (Fsp3) is 0.588. The zero-order valence-corrected chi connectivity index (χ0v) is 15.4. The van der Waals surface area contributed by atoms with E-state index in [1.807, 2.05) is 13.8 Å². The summed E-state index contributed by atoms with van der Waals surface area (Å²) >= 11 is 3.27. The summed E-state index contributed by atoms with van der Waals surface area (Å²) < 4.78 is 30.3. The van der Waals surface area contributed by atoms with Gasteiger partial charge >= 0.3 is 5.97 Å². The van der Waals surface area contributed by atoms with Crippen molar-refractivity contribution in [3.05, 3.63) is 34.1 Å². The summed E-state index contributed by atoms with van der Waals surface area (Å²) in [7, 11) is 0. The lowest BCUT2D eigenvalue weighted by molar-refractivity contribution is -0.164. The SMILES string of the molecule is CCOC(=O)C(Cc1cc(F)cc(Br)c1)CC(OCC)OCC. The first-order chi connectivity index (χ1) is 11.0. The summed E-state index contributed by atoms with van der Waals surface area (Å²) in [5.41, 5.74) is 0.724. The van der Waals surface area contributed by atoms with Gasteiger partial charge in [0.2, 0.25) is 0 Å². The van der Waals surface area contributed by atoms with Crippen LogP contribution in [0.1, 0.15) is 32.8 Å². The quantitative estimate of drug-likeness (QED) is 0.445. The van der Waals surface area contributed by atoms with Crippen LogP contribution >= 0.6 is 15.9 Å². The summed E-state index contributed by atoms with van der Waals surface area (Å²) in [5.74, 6) is -1.12. The topological polar surface area (TPSA) is 44.8 Å². The fourth-order valence-electron chi connectivity index (χ4n) is 2.32. The van der Waals surface area contributed by atoms with E-state index < -0.39 is 12.2 Å². The van der Waals surface area contributed by atoms with Gasteiger partial charge < -0.3 is 14.2 Å². The maximum atomic E-state index is 13.5. The Kier molecular flexibility index (Phi) is 9.36. The molecule has 1 rings (SSSR count). The molecule has 0 aliphatic rings. The number of halogens is 2. The third-order valence-corrected chi connectivity index (χ3v) is 3.66. The summed E-state index contributed by atoms with van der Waals surface area (Å²) in [6, 6.07) is 4.60. The van der Waals surface area contributed by atoms with Gasteiger partial charge in [-0.15, -0.1) is 0 Å². The molecule has 0 heterocycles. The van der Waals surface area contributed by atoms with Crippen molar-refractivity contribution < 1.29 is 23.4 Å². The largest absolute Gasteiger partial charge is 0.466 e. The minimum Gasteiger partial charge on any atom is -0.466 e. The van der Waals surface area contributed by atoms with Crippen LogP contribution in [0.4, 0.5) is 4.39 Å². The van der Waals surface area contributed by atoms with E-state index in [2.05, 4.69) is 15.9 Å². The van der Waals surface area contributed by atoms with Crippen LogP contribution in [0.3, 0.4) is 0 Å². The normalized spacial score (nSPS) is 12.4. The molecule has 0 saturated heterocycles. The van der Waals surface area contributed by atoms with Crippen molar-refractivity contribution in [3.8, 4) is 0 Å². The molecule has 0 N–H and O–H groups in total. The van der Waals surface area contributed by atoms with Crippen molar-refractivity contribution in [2.24, 2.45) is 5.92 Å². The zero-order valence-electron chi connectivity index (χ0n) is 13.8. The van der Waals surface area contributed by atoms with Crippen molar-refractivity contribution in [1.29, 1.82) is 0 Å². The third kappa shape index (κ3) is 7.42. The van der Waals surface area contributed by atoms with Crippen LogP contribution < -0.4 is 0 Å². The van der Waals surface area contributed by atoms with Gasteiger partial charge in [0.05, 0.1) is 12.5 Å². The highest BCUT2D eigenvalue weighted by atomic mass is 79.9. The molecule has 0 amide bonds. The molecule has 0 fully saturated rings. The molecule has 23 heavy (non-hydrogen) atoms. The van der Waals surface area contributed by atoms with Gasteiger partial charge in [-0.3, -0.25) is 4.79 Å². The molecule has 0 radical (unpaired) electrons. The molecule has 0 aliphatic carbocycles. The molecule has 0 aliphatic heterocycles. The molecular formula is C17H24BrFO4. The first kappa shape index (κ1) is 20.1. The van der Waals surface area contributed by atoms with Gasteiger partial charge in [-0.25, -0.2) is 4.39 Å². The molecule has 0 spiro atoms. The van der Waals surface area contributed by atoms with Crippen molar-refractivity contribution in [2.75, 3.05) is 19.8 Å². The first-order valence-corrected chi connectivity index (χ1v) is 8.64. The lowest BCUT2D eigenvalue weighted by Crippen LogP contribution is -2.28. The summed E-state index contributed by atoms with van der Waals surface area (Å²) in [6.45, 7) is 6.79. The predicted molar refractivity (Wildman–Crippen MR) is 89.6 cm³/mol. The van der Waals surface area contributed by atoms with Gasteiger partial charge in [0.15, 0.2) is 6.29 Å². The highest BCUT2D eigenvalue weighted by Gasteiger charge is 2.25. The van der Waals surface area contributed by atoms with E-state index in [-0.39, 0.29) is 11.8 Å². The molecule has 130 valence electrons. The maximum absolute atomic E-state index is 13.5. The number of hydrogen-bond donors (Lipinski definition) is 0. The predicted octanol–water partition coefficient (Wildman–Crippen LogP) is 4.10. The average Bonchev–Trinajstić information content (AvgIpc) is 2.46. The summed E-state index contributed by atoms with van der Waals surface area (Å²) in [6.07, 6.45) is 0.261. The highest BCUT2D eigenvalue weighted by molar-refractivity contribution is 9.10. The Morgan fingerprint density at radius 2 is 1.78 bits per heavy atom. The minimum atomic E-state index is -0.476. The monoisotopic (exact) mass is 390 g/mol.